The lowest BCUT2D eigenvalue weighted by molar-refractivity contribution is 0.101. The average Bonchev–Trinajstić information content (AvgIpc) is 2.88. The fourth-order valence-electron chi connectivity index (χ4n) is 3.98. The molecule has 188 valence electrons. The summed E-state index contributed by atoms with van der Waals surface area (Å²) in [5.41, 5.74) is 6.80. The summed E-state index contributed by atoms with van der Waals surface area (Å²) >= 11 is 6.96. The molecular weight excluding hydrogens is 592 g/mol. The van der Waals surface area contributed by atoms with Gasteiger partial charge >= 0.3 is 0 Å². The van der Waals surface area contributed by atoms with Crippen molar-refractivity contribution in [2.75, 3.05) is 10.6 Å². The molecule has 0 aromatic heterocycles. The van der Waals surface area contributed by atoms with Crippen LogP contribution >= 0.6 is 31.9 Å². The topological polar surface area (TPSA) is 58.2 Å². The fourth-order valence-corrected chi connectivity index (χ4v) is 4.74. The molecule has 4 aromatic carbocycles. The van der Waals surface area contributed by atoms with Crippen LogP contribution in [0.3, 0.4) is 0 Å². The van der Waals surface area contributed by atoms with Gasteiger partial charge in [0.25, 0.3) is 11.8 Å². The van der Waals surface area contributed by atoms with E-state index in [-0.39, 0.29) is 17.2 Å². The molecule has 0 aliphatic rings. The van der Waals surface area contributed by atoms with Crippen molar-refractivity contribution in [3.63, 3.8) is 0 Å². The summed E-state index contributed by atoms with van der Waals surface area (Å²) in [7, 11) is 0. The molecule has 6 heteroatoms. The van der Waals surface area contributed by atoms with Gasteiger partial charge in [-0.05, 0) is 84.6 Å². The maximum atomic E-state index is 12.6. The highest BCUT2D eigenvalue weighted by molar-refractivity contribution is 9.10. The Morgan fingerprint density at radius 1 is 0.595 bits per heavy atom. The molecule has 0 saturated heterocycles. The first-order chi connectivity index (χ1) is 17.5. The van der Waals surface area contributed by atoms with E-state index in [0.717, 1.165) is 42.6 Å². The molecule has 0 heterocycles. The number of halogens is 2. The summed E-state index contributed by atoms with van der Waals surface area (Å²) in [6.07, 6.45) is 0. The van der Waals surface area contributed by atoms with Gasteiger partial charge in [-0.2, -0.15) is 0 Å². The van der Waals surface area contributed by atoms with Crippen molar-refractivity contribution < 1.29 is 9.59 Å². The van der Waals surface area contributed by atoms with Crippen LogP contribution in [0.25, 0.3) is 0 Å². The van der Waals surface area contributed by atoms with Crippen LogP contribution in [-0.4, -0.2) is 11.8 Å². The normalized spacial score (nSPS) is 11.2. The summed E-state index contributed by atoms with van der Waals surface area (Å²) in [6, 6.07) is 27.0. The second kappa shape index (κ2) is 11.0. The molecule has 0 spiro atoms. The minimum absolute atomic E-state index is 0.150. The predicted molar refractivity (Wildman–Crippen MR) is 159 cm³/mol. The quantitative estimate of drug-likeness (QED) is 0.227. The number of carbonyl (C=O) groups is 2. The predicted octanol–water partition coefficient (Wildman–Crippen LogP) is 8.66. The molecule has 4 aromatic rings. The number of benzene rings is 4. The van der Waals surface area contributed by atoms with Crippen LogP contribution in [0.1, 0.15) is 56.8 Å². The molecule has 0 fully saturated rings. The van der Waals surface area contributed by atoms with E-state index in [1.165, 1.54) is 0 Å². The Kier molecular flexibility index (Phi) is 8.00. The second-order valence-corrected chi connectivity index (χ2v) is 11.3. The Labute approximate surface area is 234 Å². The Morgan fingerprint density at radius 2 is 0.946 bits per heavy atom. The molecule has 0 bridgehead atoms. The van der Waals surface area contributed by atoms with Crippen molar-refractivity contribution in [3.05, 3.63) is 127 Å². The molecule has 0 unspecified atom stereocenters. The van der Waals surface area contributed by atoms with Crippen LogP contribution in [0.15, 0.2) is 93.9 Å². The van der Waals surface area contributed by atoms with Crippen molar-refractivity contribution in [2.45, 2.75) is 33.1 Å². The third-order valence-electron chi connectivity index (χ3n) is 6.60. The zero-order chi connectivity index (χ0) is 26.7. The first kappa shape index (κ1) is 26.8. The lowest BCUT2D eigenvalue weighted by atomic mass is 9.78. The molecule has 4 rings (SSSR count). The van der Waals surface area contributed by atoms with Crippen molar-refractivity contribution >= 4 is 55.0 Å². The van der Waals surface area contributed by atoms with Gasteiger partial charge in [-0.1, -0.05) is 82.1 Å². The van der Waals surface area contributed by atoms with Crippen molar-refractivity contribution in [2.24, 2.45) is 0 Å². The first-order valence-electron chi connectivity index (χ1n) is 11.9. The van der Waals surface area contributed by atoms with Gasteiger partial charge < -0.3 is 10.6 Å². The molecule has 37 heavy (non-hydrogen) atoms. The monoisotopic (exact) mass is 618 g/mol. The molecule has 0 aliphatic carbocycles. The van der Waals surface area contributed by atoms with Gasteiger partial charge in [-0.25, -0.2) is 0 Å². The average molecular weight is 620 g/mol. The molecule has 4 nitrogen and oxygen atoms in total. The van der Waals surface area contributed by atoms with E-state index in [1.807, 2.05) is 98.8 Å². The second-order valence-electron chi connectivity index (χ2n) is 9.62. The summed E-state index contributed by atoms with van der Waals surface area (Å²) in [5, 5.41) is 5.93. The highest BCUT2D eigenvalue weighted by atomic mass is 79.9. The van der Waals surface area contributed by atoms with Crippen molar-refractivity contribution in [1.29, 1.82) is 0 Å². The number of aryl methyl sites for hydroxylation is 2. The van der Waals surface area contributed by atoms with Crippen LogP contribution in [0.4, 0.5) is 11.4 Å². The maximum Gasteiger partial charge on any atom is 0.255 e. The number of hydrogen-bond acceptors (Lipinski definition) is 2. The molecule has 0 atom stereocenters. The minimum Gasteiger partial charge on any atom is -0.322 e. The standard InChI is InChI=1S/C31H28Br2N2O2/c1-19-5-7-21(17-27(19)32)29(36)34-25-13-9-23(10-14-25)31(3,4)24-11-15-26(16-12-24)35-30(37)22-8-6-20(2)28(33)18-22/h5-18H,1-4H3,(H,34,36)(H,35,37). The Hall–Kier alpha value is -3.22. The van der Waals surface area contributed by atoms with E-state index >= 15 is 0 Å². The molecule has 2 amide bonds. The van der Waals surface area contributed by atoms with Gasteiger partial charge in [-0.3, -0.25) is 9.59 Å². The number of carbonyl (C=O) groups excluding carboxylic acids is 2. The van der Waals surface area contributed by atoms with E-state index in [1.54, 1.807) is 0 Å². The molecule has 0 radical (unpaired) electrons. The molecular formula is C31H28Br2N2O2. The van der Waals surface area contributed by atoms with Crippen LogP contribution in [0.5, 0.6) is 0 Å². The third kappa shape index (κ3) is 6.20. The minimum atomic E-state index is -0.269. The van der Waals surface area contributed by atoms with E-state index < -0.39 is 0 Å². The van der Waals surface area contributed by atoms with Gasteiger partial charge in [0.1, 0.15) is 0 Å². The molecule has 2 N–H and O–H groups in total. The first-order valence-corrected chi connectivity index (χ1v) is 13.5. The van der Waals surface area contributed by atoms with E-state index in [2.05, 4.69) is 56.3 Å². The van der Waals surface area contributed by atoms with Gasteiger partial charge in [0, 0.05) is 36.9 Å². The van der Waals surface area contributed by atoms with Crippen LogP contribution in [0.2, 0.25) is 0 Å². The fraction of sp³-hybridized carbons (Fsp3) is 0.161. The van der Waals surface area contributed by atoms with Gasteiger partial charge in [0.05, 0.1) is 0 Å². The van der Waals surface area contributed by atoms with E-state index in [0.29, 0.717) is 11.1 Å². The van der Waals surface area contributed by atoms with Gasteiger partial charge in [0.15, 0.2) is 0 Å². The Morgan fingerprint density at radius 3 is 1.27 bits per heavy atom. The molecule has 0 saturated carbocycles. The lowest BCUT2D eigenvalue weighted by Gasteiger charge is -2.26. The van der Waals surface area contributed by atoms with Crippen molar-refractivity contribution in [3.8, 4) is 0 Å². The summed E-state index contributed by atoms with van der Waals surface area (Å²) in [5.74, 6) is -0.299. The number of anilines is 2. The van der Waals surface area contributed by atoms with E-state index in [4.69, 9.17) is 0 Å². The summed E-state index contributed by atoms with van der Waals surface area (Å²) < 4.78 is 1.82. The highest BCUT2D eigenvalue weighted by Gasteiger charge is 2.23. The summed E-state index contributed by atoms with van der Waals surface area (Å²) in [6.45, 7) is 8.28. The zero-order valence-corrected chi connectivity index (χ0v) is 24.3. The smallest absolute Gasteiger partial charge is 0.255 e. The van der Waals surface area contributed by atoms with E-state index in [9.17, 15) is 9.59 Å². The van der Waals surface area contributed by atoms with Crippen molar-refractivity contribution in [1.82, 2.24) is 0 Å². The van der Waals surface area contributed by atoms with Gasteiger partial charge in [0.2, 0.25) is 0 Å². The third-order valence-corrected chi connectivity index (χ3v) is 8.31. The Balaban J connectivity index is 1.43. The largest absolute Gasteiger partial charge is 0.322 e. The Bertz CT molecular complexity index is 1350. The number of amides is 2. The van der Waals surface area contributed by atoms with Crippen LogP contribution < -0.4 is 10.6 Å². The summed E-state index contributed by atoms with van der Waals surface area (Å²) in [4.78, 5) is 25.3. The maximum absolute atomic E-state index is 12.6. The zero-order valence-electron chi connectivity index (χ0n) is 21.2. The number of nitrogens with one attached hydrogen (secondary N) is 2. The van der Waals surface area contributed by atoms with Gasteiger partial charge in [-0.15, -0.1) is 0 Å². The SMILES string of the molecule is Cc1ccc(C(=O)Nc2ccc(C(C)(C)c3ccc(NC(=O)c4ccc(C)c(Br)c4)cc3)cc2)cc1Br. The molecule has 0 aliphatic heterocycles. The number of rotatable bonds is 6. The number of hydrogen-bond donors (Lipinski definition) is 2. The highest BCUT2D eigenvalue weighted by Crippen LogP contribution is 2.33. The lowest BCUT2D eigenvalue weighted by Crippen LogP contribution is -2.19. The van der Waals surface area contributed by atoms with Crippen LogP contribution in [-0.2, 0) is 5.41 Å². The van der Waals surface area contributed by atoms with Crippen LogP contribution in [0, 0.1) is 13.8 Å².